The molecule has 2 rings (SSSR count). The molecule has 0 aromatic heterocycles. The van der Waals surface area contributed by atoms with E-state index < -0.39 is 0 Å². The van der Waals surface area contributed by atoms with Gasteiger partial charge in [-0.05, 0) is 37.0 Å². The third kappa shape index (κ3) is 3.36. The fourth-order valence-corrected chi connectivity index (χ4v) is 3.61. The number of carbonyl (C=O) groups is 1. The predicted molar refractivity (Wildman–Crippen MR) is 83.4 cm³/mol. The Balaban J connectivity index is 2.11. The van der Waals surface area contributed by atoms with Gasteiger partial charge in [0.2, 0.25) is 5.91 Å². The second kappa shape index (κ2) is 6.46. The molecule has 0 aromatic rings. The van der Waals surface area contributed by atoms with Crippen molar-refractivity contribution in [2.75, 3.05) is 6.54 Å². The van der Waals surface area contributed by atoms with Crippen molar-refractivity contribution in [1.29, 1.82) is 0 Å². The maximum Gasteiger partial charge on any atom is 0.241 e. The van der Waals surface area contributed by atoms with Gasteiger partial charge in [0.1, 0.15) is 0 Å². The predicted octanol–water partition coefficient (Wildman–Crippen LogP) is 3.54. The average Bonchev–Trinajstić information content (AvgIpc) is 3.02. The first-order valence-corrected chi connectivity index (χ1v) is 8.55. The summed E-state index contributed by atoms with van der Waals surface area (Å²) in [6.07, 6.45) is 8.71. The second-order valence-electron chi connectivity index (χ2n) is 7.48. The molecule has 0 radical (unpaired) electrons. The van der Waals surface area contributed by atoms with Crippen LogP contribution >= 0.6 is 0 Å². The van der Waals surface area contributed by atoms with E-state index in [9.17, 15) is 4.79 Å². The Hall–Kier alpha value is -0.570. The van der Waals surface area contributed by atoms with Crippen molar-refractivity contribution in [3.63, 3.8) is 0 Å². The molecule has 1 saturated carbocycles. The molecule has 2 unspecified atom stereocenters. The van der Waals surface area contributed by atoms with Gasteiger partial charge in [-0.15, -0.1) is 0 Å². The molecule has 0 aromatic carbocycles. The van der Waals surface area contributed by atoms with E-state index in [1.807, 2.05) is 0 Å². The number of rotatable bonds is 6. The molecular weight excluding hydrogens is 248 g/mol. The SMILES string of the molecule is CCCC1NC(C2CCCC2)N(CC(C)(C)CC)C1=O. The lowest BCUT2D eigenvalue weighted by atomic mass is 9.89. The van der Waals surface area contributed by atoms with Crippen LogP contribution < -0.4 is 5.32 Å². The Morgan fingerprint density at radius 2 is 1.90 bits per heavy atom. The molecule has 1 N–H and O–H groups in total. The third-order valence-electron chi connectivity index (χ3n) is 5.27. The first-order chi connectivity index (χ1) is 9.48. The fourth-order valence-electron chi connectivity index (χ4n) is 3.61. The summed E-state index contributed by atoms with van der Waals surface area (Å²) in [6.45, 7) is 9.84. The van der Waals surface area contributed by atoms with Gasteiger partial charge in [-0.1, -0.05) is 47.0 Å². The number of nitrogens with zero attached hydrogens (tertiary/aromatic N) is 1. The molecule has 116 valence electrons. The number of carbonyl (C=O) groups excluding carboxylic acids is 1. The summed E-state index contributed by atoms with van der Waals surface area (Å²) in [5.74, 6) is 1.03. The minimum atomic E-state index is 0.0678. The van der Waals surface area contributed by atoms with Crippen LogP contribution in [0.3, 0.4) is 0 Å². The van der Waals surface area contributed by atoms with Gasteiger partial charge < -0.3 is 4.90 Å². The zero-order valence-electron chi connectivity index (χ0n) is 13.7. The van der Waals surface area contributed by atoms with Crippen LogP contribution in [0.5, 0.6) is 0 Å². The molecule has 1 amide bonds. The Kier molecular flexibility index (Phi) is 5.11. The molecule has 2 atom stereocenters. The van der Waals surface area contributed by atoms with E-state index >= 15 is 0 Å². The van der Waals surface area contributed by atoms with Gasteiger partial charge in [0.05, 0.1) is 12.2 Å². The van der Waals surface area contributed by atoms with Crippen molar-refractivity contribution in [1.82, 2.24) is 10.2 Å². The highest BCUT2D eigenvalue weighted by atomic mass is 16.2. The second-order valence-corrected chi connectivity index (χ2v) is 7.48. The third-order valence-corrected chi connectivity index (χ3v) is 5.27. The number of nitrogens with one attached hydrogen (secondary N) is 1. The summed E-state index contributed by atoms with van der Waals surface area (Å²) in [5.41, 5.74) is 0.218. The maximum atomic E-state index is 12.7. The normalized spacial score (nSPS) is 28.6. The van der Waals surface area contributed by atoms with Crippen molar-refractivity contribution in [2.24, 2.45) is 11.3 Å². The first-order valence-electron chi connectivity index (χ1n) is 8.55. The summed E-state index contributed by atoms with van der Waals surface area (Å²) in [4.78, 5) is 14.9. The Morgan fingerprint density at radius 1 is 1.25 bits per heavy atom. The van der Waals surface area contributed by atoms with Crippen molar-refractivity contribution >= 4 is 5.91 Å². The van der Waals surface area contributed by atoms with E-state index in [1.165, 1.54) is 25.7 Å². The largest absolute Gasteiger partial charge is 0.325 e. The molecule has 2 fully saturated rings. The lowest BCUT2D eigenvalue weighted by Gasteiger charge is -2.35. The van der Waals surface area contributed by atoms with Crippen LogP contribution in [0.25, 0.3) is 0 Å². The number of hydrogen-bond donors (Lipinski definition) is 1. The molecule has 1 aliphatic heterocycles. The van der Waals surface area contributed by atoms with Crippen LogP contribution in [0.2, 0.25) is 0 Å². The Bertz CT molecular complexity index is 334. The smallest absolute Gasteiger partial charge is 0.241 e. The van der Waals surface area contributed by atoms with Crippen molar-refractivity contribution in [3.8, 4) is 0 Å². The zero-order chi connectivity index (χ0) is 14.8. The lowest BCUT2D eigenvalue weighted by molar-refractivity contribution is -0.132. The van der Waals surface area contributed by atoms with Crippen LogP contribution in [0.15, 0.2) is 0 Å². The monoisotopic (exact) mass is 280 g/mol. The van der Waals surface area contributed by atoms with Crippen LogP contribution in [-0.2, 0) is 4.79 Å². The van der Waals surface area contributed by atoms with Gasteiger partial charge in [0, 0.05) is 6.54 Å². The minimum absolute atomic E-state index is 0.0678. The topological polar surface area (TPSA) is 32.3 Å². The summed E-state index contributed by atoms with van der Waals surface area (Å²) in [6, 6.07) is 0.0678. The number of hydrogen-bond acceptors (Lipinski definition) is 2. The first kappa shape index (κ1) is 15.8. The van der Waals surface area contributed by atoms with E-state index in [0.29, 0.717) is 18.0 Å². The minimum Gasteiger partial charge on any atom is -0.325 e. The quantitative estimate of drug-likeness (QED) is 0.807. The van der Waals surface area contributed by atoms with Gasteiger partial charge in [-0.3, -0.25) is 10.1 Å². The van der Waals surface area contributed by atoms with E-state index in [4.69, 9.17) is 0 Å². The summed E-state index contributed by atoms with van der Waals surface area (Å²) < 4.78 is 0. The van der Waals surface area contributed by atoms with E-state index in [1.54, 1.807) is 0 Å². The fraction of sp³-hybridized carbons (Fsp3) is 0.941. The van der Waals surface area contributed by atoms with Gasteiger partial charge in [-0.25, -0.2) is 0 Å². The molecule has 1 heterocycles. The molecule has 0 bridgehead atoms. The molecule has 20 heavy (non-hydrogen) atoms. The zero-order valence-corrected chi connectivity index (χ0v) is 13.7. The highest BCUT2D eigenvalue weighted by molar-refractivity contribution is 5.84. The van der Waals surface area contributed by atoms with Crippen LogP contribution in [0.4, 0.5) is 0 Å². The molecule has 1 saturated heterocycles. The standard InChI is InChI=1S/C17H32N2O/c1-5-9-14-16(20)19(12-17(3,4)6-2)15(18-14)13-10-7-8-11-13/h13-15,18H,5-12H2,1-4H3. The van der Waals surface area contributed by atoms with E-state index in [0.717, 1.165) is 25.8 Å². The molecule has 2 aliphatic rings. The Labute approximate surface area is 124 Å². The molecule has 3 nitrogen and oxygen atoms in total. The Morgan fingerprint density at radius 3 is 2.45 bits per heavy atom. The number of amides is 1. The van der Waals surface area contributed by atoms with Crippen molar-refractivity contribution in [3.05, 3.63) is 0 Å². The van der Waals surface area contributed by atoms with Crippen molar-refractivity contribution in [2.45, 2.75) is 84.8 Å². The van der Waals surface area contributed by atoms with Gasteiger partial charge in [-0.2, -0.15) is 0 Å². The van der Waals surface area contributed by atoms with Crippen LogP contribution in [-0.4, -0.2) is 29.6 Å². The maximum absolute atomic E-state index is 12.7. The summed E-state index contributed by atoms with van der Waals surface area (Å²) >= 11 is 0. The average molecular weight is 280 g/mol. The van der Waals surface area contributed by atoms with Gasteiger partial charge >= 0.3 is 0 Å². The van der Waals surface area contributed by atoms with E-state index in [-0.39, 0.29) is 11.5 Å². The summed E-state index contributed by atoms with van der Waals surface area (Å²) in [5, 5.41) is 3.66. The van der Waals surface area contributed by atoms with Crippen LogP contribution in [0, 0.1) is 11.3 Å². The molecule has 0 spiro atoms. The highest BCUT2D eigenvalue weighted by Crippen LogP contribution is 2.34. The highest BCUT2D eigenvalue weighted by Gasteiger charge is 2.44. The molecule has 1 aliphatic carbocycles. The molecule has 3 heteroatoms. The molecular formula is C17H32N2O. The lowest BCUT2D eigenvalue weighted by Crippen LogP contribution is -2.46. The van der Waals surface area contributed by atoms with E-state index in [2.05, 4.69) is 37.9 Å². The van der Waals surface area contributed by atoms with Crippen molar-refractivity contribution < 1.29 is 4.79 Å². The summed E-state index contributed by atoms with van der Waals surface area (Å²) in [7, 11) is 0. The van der Waals surface area contributed by atoms with Crippen LogP contribution in [0.1, 0.15) is 72.6 Å². The van der Waals surface area contributed by atoms with Gasteiger partial charge in [0.15, 0.2) is 0 Å². The van der Waals surface area contributed by atoms with Gasteiger partial charge in [0.25, 0.3) is 0 Å².